The quantitative estimate of drug-likeness (QED) is 0.740. The molecule has 0 saturated heterocycles. The van der Waals surface area contributed by atoms with Gasteiger partial charge in [-0.3, -0.25) is 4.99 Å². The highest BCUT2D eigenvalue weighted by Crippen LogP contribution is 2.26. The van der Waals surface area contributed by atoms with Crippen LogP contribution in [0.15, 0.2) is 71.9 Å². The van der Waals surface area contributed by atoms with Crippen molar-refractivity contribution >= 4 is 11.9 Å². The second-order valence-corrected chi connectivity index (χ2v) is 4.75. The first kappa shape index (κ1) is 13.9. The molecule has 1 heterocycles. The first-order valence-electron chi connectivity index (χ1n) is 6.92. The summed E-state index contributed by atoms with van der Waals surface area (Å²) in [5.41, 5.74) is 2.68. The summed E-state index contributed by atoms with van der Waals surface area (Å²) >= 11 is 0. The van der Waals surface area contributed by atoms with Gasteiger partial charge in [0.25, 0.3) is 0 Å². The van der Waals surface area contributed by atoms with E-state index in [2.05, 4.69) is 4.99 Å². The van der Waals surface area contributed by atoms with Crippen LogP contribution in [0.4, 0.5) is 5.69 Å². The van der Waals surface area contributed by atoms with Crippen molar-refractivity contribution in [2.24, 2.45) is 4.99 Å². The molecule has 0 spiro atoms. The molecule has 1 N–H and O–H groups in total. The van der Waals surface area contributed by atoms with E-state index in [0.29, 0.717) is 0 Å². The van der Waals surface area contributed by atoms with Gasteiger partial charge in [-0.2, -0.15) is 0 Å². The maximum atomic E-state index is 9.38. The van der Waals surface area contributed by atoms with Crippen LogP contribution in [0.5, 0.6) is 11.5 Å². The summed E-state index contributed by atoms with van der Waals surface area (Å²) in [6.45, 7) is 0. The minimum atomic E-state index is 0.250. The van der Waals surface area contributed by atoms with Gasteiger partial charge in [0, 0.05) is 11.9 Å². The van der Waals surface area contributed by atoms with Gasteiger partial charge in [0.05, 0.1) is 19.0 Å². The highest BCUT2D eigenvalue weighted by Gasteiger charge is 2.03. The molecule has 0 amide bonds. The van der Waals surface area contributed by atoms with Gasteiger partial charge < -0.3 is 14.4 Å². The van der Waals surface area contributed by atoms with E-state index < -0.39 is 0 Å². The first-order valence-corrected chi connectivity index (χ1v) is 6.92. The number of rotatable bonds is 4. The lowest BCUT2D eigenvalue weighted by molar-refractivity contribution is 0.416. The van der Waals surface area contributed by atoms with Crippen molar-refractivity contribution in [2.75, 3.05) is 7.11 Å². The molecule has 0 radical (unpaired) electrons. The molecule has 4 heteroatoms. The molecule has 110 valence electrons. The Morgan fingerprint density at radius 2 is 1.77 bits per heavy atom. The summed E-state index contributed by atoms with van der Waals surface area (Å²) in [5, 5.41) is 9.38. The Bertz CT molecular complexity index is 789. The number of hydrogen-bond donors (Lipinski definition) is 1. The maximum Gasteiger partial charge on any atom is 0.144 e. The number of hydrogen-bond acceptors (Lipinski definition) is 3. The van der Waals surface area contributed by atoms with Crippen LogP contribution in [0.2, 0.25) is 0 Å². The Labute approximate surface area is 128 Å². The lowest BCUT2D eigenvalue weighted by Gasteiger charge is -2.07. The third-order valence-corrected chi connectivity index (χ3v) is 3.33. The summed E-state index contributed by atoms with van der Waals surface area (Å²) in [7, 11) is 1.63. The zero-order chi connectivity index (χ0) is 15.4. The number of aromatic nitrogens is 1. The van der Waals surface area contributed by atoms with E-state index in [-0.39, 0.29) is 5.75 Å². The smallest absolute Gasteiger partial charge is 0.144 e. The summed E-state index contributed by atoms with van der Waals surface area (Å²) in [5.74, 6) is 0.988. The zero-order valence-corrected chi connectivity index (χ0v) is 12.2. The standard InChI is InChI=1S/C18H16N2O2/c1-22-18-7-3-2-6-17(18)19-13-15-5-4-12-20(15)14-8-10-16(21)11-9-14/h2-13,21H,1H3. The average Bonchev–Trinajstić information content (AvgIpc) is 3.02. The number of nitrogens with zero attached hydrogens (tertiary/aromatic N) is 2. The topological polar surface area (TPSA) is 46.8 Å². The summed E-state index contributed by atoms with van der Waals surface area (Å²) in [4.78, 5) is 4.50. The number of methoxy groups -OCH3 is 1. The largest absolute Gasteiger partial charge is 0.508 e. The Hall–Kier alpha value is -3.01. The summed E-state index contributed by atoms with van der Waals surface area (Å²) < 4.78 is 7.29. The fourth-order valence-electron chi connectivity index (χ4n) is 2.22. The van der Waals surface area contributed by atoms with Crippen molar-refractivity contribution < 1.29 is 9.84 Å². The van der Waals surface area contributed by atoms with Gasteiger partial charge in [0.15, 0.2) is 0 Å². The third kappa shape index (κ3) is 2.86. The molecule has 0 bridgehead atoms. The van der Waals surface area contributed by atoms with Gasteiger partial charge in [-0.05, 0) is 48.5 Å². The Morgan fingerprint density at radius 1 is 1.00 bits per heavy atom. The molecule has 2 aromatic carbocycles. The van der Waals surface area contributed by atoms with Crippen LogP contribution in [0.1, 0.15) is 5.69 Å². The normalized spacial score (nSPS) is 11.0. The first-order chi connectivity index (χ1) is 10.8. The molecule has 4 nitrogen and oxygen atoms in total. The molecular weight excluding hydrogens is 276 g/mol. The van der Waals surface area contributed by atoms with Crippen molar-refractivity contribution in [1.82, 2.24) is 4.57 Å². The van der Waals surface area contributed by atoms with E-state index in [4.69, 9.17) is 4.74 Å². The van der Waals surface area contributed by atoms with E-state index >= 15 is 0 Å². The molecule has 0 unspecified atom stereocenters. The van der Waals surface area contributed by atoms with E-state index in [1.807, 2.05) is 59.3 Å². The highest BCUT2D eigenvalue weighted by atomic mass is 16.5. The fraction of sp³-hybridized carbons (Fsp3) is 0.0556. The van der Waals surface area contributed by atoms with Gasteiger partial charge in [-0.15, -0.1) is 0 Å². The number of benzene rings is 2. The van der Waals surface area contributed by atoms with Gasteiger partial charge in [-0.1, -0.05) is 12.1 Å². The average molecular weight is 292 g/mol. The molecule has 3 aromatic rings. The second-order valence-electron chi connectivity index (χ2n) is 4.75. The van der Waals surface area contributed by atoms with Crippen LogP contribution in [0.3, 0.4) is 0 Å². The summed E-state index contributed by atoms with van der Waals surface area (Å²) in [6.07, 6.45) is 3.75. The van der Waals surface area contributed by atoms with Crippen molar-refractivity contribution in [2.45, 2.75) is 0 Å². The Kier molecular flexibility index (Phi) is 3.92. The Morgan fingerprint density at radius 3 is 2.55 bits per heavy atom. The van der Waals surface area contributed by atoms with Crippen LogP contribution in [-0.2, 0) is 0 Å². The fourth-order valence-corrected chi connectivity index (χ4v) is 2.22. The number of ether oxygens (including phenoxy) is 1. The van der Waals surface area contributed by atoms with Crippen molar-refractivity contribution in [1.29, 1.82) is 0 Å². The number of para-hydroxylation sites is 2. The maximum absolute atomic E-state index is 9.38. The molecule has 22 heavy (non-hydrogen) atoms. The zero-order valence-electron chi connectivity index (χ0n) is 12.2. The monoisotopic (exact) mass is 292 g/mol. The van der Waals surface area contributed by atoms with E-state index in [0.717, 1.165) is 22.8 Å². The molecular formula is C18H16N2O2. The van der Waals surface area contributed by atoms with Crippen molar-refractivity contribution in [3.63, 3.8) is 0 Å². The van der Waals surface area contributed by atoms with Crippen LogP contribution in [-0.4, -0.2) is 23.0 Å². The minimum absolute atomic E-state index is 0.250. The number of aliphatic imine (C=N–C) groups is 1. The van der Waals surface area contributed by atoms with Crippen LogP contribution in [0.25, 0.3) is 5.69 Å². The molecule has 1 aromatic heterocycles. The molecule has 0 aliphatic carbocycles. The molecule has 0 fully saturated rings. The lowest BCUT2D eigenvalue weighted by Crippen LogP contribution is -1.97. The van der Waals surface area contributed by atoms with Gasteiger partial charge in [0.2, 0.25) is 0 Å². The number of aromatic hydroxyl groups is 1. The number of phenols is 1. The predicted molar refractivity (Wildman–Crippen MR) is 87.7 cm³/mol. The van der Waals surface area contributed by atoms with Gasteiger partial charge in [-0.25, -0.2) is 0 Å². The van der Waals surface area contributed by atoms with Crippen LogP contribution >= 0.6 is 0 Å². The van der Waals surface area contributed by atoms with E-state index in [9.17, 15) is 5.11 Å². The molecule has 0 saturated carbocycles. The lowest BCUT2D eigenvalue weighted by atomic mass is 10.3. The van der Waals surface area contributed by atoms with E-state index in [1.165, 1.54) is 0 Å². The predicted octanol–water partition coefficient (Wildman–Crippen LogP) is 3.94. The SMILES string of the molecule is COc1ccccc1N=Cc1cccn1-c1ccc(O)cc1. The molecule has 0 aliphatic rings. The van der Waals surface area contributed by atoms with Crippen LogP contribution in [0, 0.1) is 0 Å². The van der Waals surface area contributed by atoms with Crippen LogP contribution < -0.4 is 4.74 Å². The van der Waals surface area contributed by atoms with Gasteiger partial charge in [0.1, 0.15) is 17.2 Å². The van der Waals surface area contributed by atoms with Crippen molar-refractivity contribution in [3.05, 3.63) is 72.6 Å². The highest BCUT2D eigenvalue weighted by molar-refractivity contribution is 5.82. The number of phenolic OH excluding ortho intramolecular Hbond substituents is 1. The summed E-state index contributed by atoms with van der Waals surface area (Å²) in [6, 6.07) is 18.6. The van der Waals surface area contributed by atoms with Gasteiger partial charge >= 0.3 is 0 Å². The molecule has 0 atom stereocenters. The molecule has 0 aliphatic heterocycles. The Balaban J connectivity index is 1.92. The van der Waals surface area contributed by atoms with E-state index in [1.54, 1.807) is 25.5 Å². The molecule has 3 rings (SSSR count). The minimum Gasteiger partial charge on any atom is -0.508 e. The second kappa shape index (κ2) is 6.18. The van der Waals surface area contributed by atoms with Crippen molar-refractivity contribution in [3.8, 4) is 17.2 Å². The third-order valence-electron chi connectivity index (χ3n) is 3.33.